The normalized spacial score (nSPS) is 13.0. The van der Waals surface area contributed by atoms with Gasteiger partial charge in [-0.1, -0.05) is 5.20 Å². The molecule has 0 amide bonds. The molecule has 76 valence electrons. The van der Waals surface area contributed by atoms with Crippen molar-refractivity contribution >= 4 is 16.2 Å². The molecule has 0 spiro atoms. The Kier molecular flexibility index (Phi) is 5.61. The van der Waals surface area contributed by atoms with Crippen LogP contribution >= 0.6 is 0 Å². The molecule has 0 aliphatic rings. The van der Waals surface area contributed by atoms with Gasteiger partial charge in [-0.2, -0.15) is 0 Å². The summed E-state index contributed by atoms with van der Waals surface area (Å²) in [5.74, 6) is -0.388. The summed E-state index contributed by atoms with van der Waals surface area (Å²) >= 11 is 0. The number of esters is 1. The van der Waals surface area contributed by atoms with E-state index in [1.165, 1.54) is 14.2 Å². The Morgan fingerprint density at radius 2 is 1.69 bits per heavy atom. The van der Waals surface area contributed by atoms with E-state index in [0.29, 0.717) is 5.57 Å². The molecule has 13 heavy (non-hydrogen) atoms. The van der Waals surface area contributed by atoms with Gasteiger partial charge in [-0.05, 0) is 13.8 Å². The Labute approximate surface area is 81.3 Å². The minimum atomic E-state index is -0.913. The van der Waals surface area contributed by atoms with Gasteiger partial charge < -0.3 is 14.2 Å². The molecule has 0 saturated carbocycles. The molecule has 0 atom stereocenters. The zero-order valence-electron chi connectivity index (χ0n) is 8.71. The molecule has 0 fully saturated rings. The van der Waals surface area contributed by atoms with Crippen LogP contribution in [0.5, 0.6) is 0 Å². The summed E-state index contributed by atoms with van der Waals surface area (Å²) in [6.07, 6.45) is 0. The van der Waals surface area contributed by atoms with Gasteiger partial charge in [-0.15, -0.1) is 0 Å². The Morgan fingerprint density at radius 3 is 2.00 bits per heavy atom. The van der Waals surface area contributed by atoms with E-state index in [1.807, 2.05) is 6.92 Å². The van der Waals surface area contributed by atoms with Crippen molar-refractivity contribution in [3.05, 3.63) is 10.8 Å². The van der Waals surface area contributed by atoms with Crippen LogP contribution in [0.25, 0.3) is 0 Å². The zero-order chi connectivity index (χ0) is 10.4. The van der Waals surface area contributed by atoms with E-state index in [0.717, 1.165) is 15.4 Å². The van der Waals surface area contributed by atoms with Crippen molar-refractivity contribution < 1.29 is 19.0 Å². The summed E-state index contributed by atoms with van der Waals surface area (Å²) in [7, 11) is 3.67. The smallest absolute Gasteiger partial charge is 0.337 e. The fourth-order valence-electron chi connectivity index (χ4n) is 0.572. The lowest BCUT2D eigenvalue weighted by molar-refractivity contribution is -0.252. The minimum absolute atomic E-state index is 0.388. The summed E-state index contributed by atoms with van der Waals surface area (Å²) in [4.78, 5) is 11.3. The maximum Gasteiger partial charge on any atom is 0.337 e. The summed E-state index contributed by atoms with van der Waals surface area (Å²) in [6, 6.07) is 0. The zero-order valence-corrected chi connectivity index (χ0v) is 10.7. The molecule has 0 aliphatic carbocycles. The largest absolute Gasteiger partial charge is 0.407 e. The Bertz CT molecular complexity index is 204. The van der Waals surface area contributed by atoms with Crippen LogP contribution in [0.1, 0.15) is 13.8 Å². The average Bonchev–Trinajstić information content (AvgIpc) is 2.12. The SMILES string of the molecule is COC(OC)OC(=O)C(C)=C(C)[SiH3]. The number of allylic oxidation sites excluding steroid dienone is 1. The van der Waals surface area contributed by atoms with Crippen molar-refractivity contribution in [2.24, 2.45) is 0 Å². The molecular weight excluding hydrogens is 188 g/mol. The first kappa shape index (κ1) is 12.3. The number of rotatable bonds is 4. The molecule has 0 aromatic carbocycles. The van der Waals surface area contributed by atoms with Crippen LogP contribution in [0, 0.1) is 0 Å². The van der Waals surface area contributed by atoms with Crippen LogP contribution < -0.4 is 0 Å². The second-order valence-electron chi connectivity index (χ2n) is 2.79. The van der Waals surface area contributed by atoms with Gasteiger partial charge in [0.15, 0.2) is 0 Å². The van der Waals surface area contributed by atoms with E-state index in [1.54, 1.807) is 6.92 Å². The van der Waals surface area contributed by atoms with E-state index in [-0.39, 0.29) is 5.97 Å². The van der Waals surface area contributed by atoms with Crippen LogP contribution in [0.4, 0.5) is 0 Å². The van der Waals surface area contributed by atoms with Crippen molar-refractivity contribution in [2.45, 2.75) is 20.3 Å². The molecule has 4 nitrogen and oxygen atoms in total. The third kappa shape index (κ3) is 4.21. The van der Waals surface area contributed by atoms with Gasteiger partial charge in [0.2, 0.25) is 0 Å². The number of ether oxygens (including phenoxy) is 3. The van der Waals surface area contributed by atoms with Crippen molar-refractivity contribution in [3.8, 4) is 0 Å². The second kappa shape index (κ2) is 5.90. The van der Waals surface area contributed by atoms with E-state index < -0.39 is 6.48 Å². The van der Waals surface area contributed by atoms with Gasteiger partial charge >= 0.3 is 12.4 Å². The topological polar surface area (TPSA) is 44.8 Å². The molecule has 0 aromatic rings. The van der Waals surface area contributed by atoms with Crippen LogP contribution in [0.2, 0.25) is 0 Å². The first-order chi connectivity index (χ1) is 6.02. The minimum Gasteiger partial charge on any atom is -0.407 e. The van der Waals surface area contributed by atoms with E-state index in [2.05, 4.69) is 0 Å². The number of carbonyl (C=O) groups excluding carboxylic acids is 1. The van der Waals surface area contributed by atoms with Gasteiger partial charge in [0, 0.05) is 30.0 Å². The van der Waals surface area contributed by atoms with Crippen molar-refractivity contribution in [1.29, 1.82) is 0 Å². The van der Waals surface area contributed by atoms with Crippen LogP contribution in [0.15, 0.2) is 10.8 Å². The van der Waals surface area contributed by atoms with Gasteiger partial charge in [-0.25, -0.2) is 4.79 Å². The fraction of sp³-hybridized carbons (Fsp3) is 0.625. The third-order valence-electron chi connectivity index (χ3n) is 1.64. The first-order valence-corrected chi connectivity index (χ1v) is 4.93. The molecule has 0 unspecified atom stereocenters. The van der Waals surface area contributed by atoms with E-state index in [9.17, 15) is 4.79 Å². The summed E-state index contributed by atoms with van der Waals surface area (Å²) in [6.45, 7) is 2.72. The quantitative estimate of drug-likeness (QED) is 0.274. The van der Waals surface area contributed by atoms with Gasteiger partial charge in [0.05, 0.1) is 0 Å². The van der Waals surface area contributed by atoms with Crippen molar-refractivity contribution in [2.75, 3.05) is 14.2 Å². The molecule has 0 bridgehead atoms. The lowest BCUT2D eigenvalue weighted by Crippen LogP contribution is -2.22. The lowest BCUT2D eigenvalue weighted by atomic mass is 10.3. The predicted molar refractivity (Wildman–Crippen MR) is 52.2 cm³/mol. The molecule has 0 rings (SSSR count). The van der Waals surface area contributed by atoms with Crippen LogP contribution in [0.3, 0.4) is 0 Å². The molecule has 0 heterocycles. The van der Waals surface area contributed by atoms with Gasteiger partial charge in [-0.3, -0.25) is 0 Å². The molecule has 0 radical (unpaired) electrons. The number of hydrogen-bond acceptors (Lipinski definition) is 4. The molecule has 5 heteroatoms. The molecule has 0 N–H and O–H groups in total. The number of carbonyl (C=O) groups is 1. The summed E-state index contributed by atoms with van der Waals surface area (Å²) in [5.41, 5.74) is 0.630. The monoisotopic (exact) mass is 204 g/mol. The molecule has 0 aromatic heterocycles. The van der Waals surface area contributed by atoms with E-state index >= 15 is 0 Å². The Hall–Kier alpha value is -0.653. The molecule has 0 saturated heterocycles. The van der Waals surface area contributed by atoms with Gasteiger partial charge in [0.1, 0.15) is 0 Å². The number of methoxy groups -OCH3 is 2. The van der Waals surface area contributed by atoms with Crippen molar-refractivity contribution in [3.63, 3.8) is 0 Å². The Morgan fingerprint density at radius 1 is 1.23 bits per heavy atom. The lowest BCUT2D eigenvalue weighted by Gasteiger charge is -2.14. The third-order valence-corrected chi connectivity index (χ3v) is 2.39. The summed E-state index contributed by atoms with van der Waals surface area (Å²) < 4.78 is 14.3. The number of hydrogen-bond donors (Lipinski definition) is 0. The van der Waals surface area contributed by atoms with Gasteiger partial charge in [0.25, 0.3) is 0 Å². The second-order valence-corrected chi connectivity index (χ2v) is 4.29. The van der Waals surface area contributed by atoms with Crippen molar-refractivity contribution in [1.82, 2.24) is 0 Å². The van der Waals surface area contributed by atoms with Crippen LogP contribution in [-0.2, 0) is 19.0 Å². The molecule has 0 aliphatic heterocycles. The maximum atomic E-state index is 11.3. The highest BCUT2D eigenvalue weighted by atomic mass is 28.1. The Balaban J connectivity index is 4.23. The maximum absolute atomic E-state index is 11.3. The summed E-state index contributed by atoms with van der Waals surface area (Å²) in [5, 5.41) is 1.05. The molecular formula is C8H16O4Si. The highest BCUT2D eigenvalue weighted by Crippen LogP contribution is 2.05. The van der Waals surface area contributed by atoms with Crippen LogP contribution in [-0.4, -0.2) is 36.9 Å². The first-order valence-electron chi connectivity index (χ1n) is 3.93. The highest BCUT2D eigenvalue weighted by molar-refractivity contribution is 6.23. The van der Waals surface area contributed by atoms with E-state index in [4.69, 9.17) is 14.2 Å². The predicted octanol–water partition coefficient (Wildman–Crippen LogP) is -0.235. The standard InChI is InChI=1S/C8H16O4Si/c1-5(6(2)13)7(9)12-8(10-3)11-4/h8H,1-4,13H3. The fourth-order valence-corrected chi connectivity index (χ4v) is 0.776. The average molecular weight is 204 g/mol. The highest BCUT2D eigenvalue weighted by Gasteiger charge is 2.14.